The first-order valence-electron chi connectivity index (χ1n) is 7.86. The van der Waals surface area contributed by atoms with Gasteiger partial charge in [0, 0.05) is 12.4 Å². The molecule has 1 amide bonds. The van der Waals surface area contributed by atoms with E-state index in [1.165, 1.54) is 0 Å². The molecule has 8 heteroatoms. The average molecular weight is 345 g/mol. The molecule has 124 valence electrons. The number of para-hydroxylation sites is 1. The number of anilines is 1. The molecule has 0 unspecified atom stereocenters. The molecule has 0 radical (unpaired) electrons. The Kier molecular flexibility index (Phi) is 3.74. The van der Waals surface area contributed by atoms with Crippen LogP contribution in [0, 0.1) is 0 Å². The van der Waals surface area contributed by atoms with Gasteiger partial charge in [-0.25, -0.2) is 4.98 Å². The second-order valence-corrected chi connectivity index (χ2v) is 6.31. The molecule has 2 aromatic heterocycles. The minimum Gasteiger partial charge on any atom is -0.324 e. The smallest absolute Gasteiger partial charge is 0.254 e. The number of piperidine rings is 1. The lowest BCUT2D eigenvalue weighted by atomic mass is 9.87. The second kappa shape index (κ2) is 5.92. The van der Waals surface area contributed by atoms with E-state index >= 15 is 0 Å². The lowest BCUT2D eigenvalue weighted by molar-refractivity contribution is -0.126. The van der Waals surface area contributed by atoms with Crippen LogP contribution in [0.5, 0.6) is 0 Å². The van der Waals surface area contributed by atoms with Crippen molar-refractivity contribution in [3.63, 3.8) is 0 Å². The van der Waals surface area contributed by atoms with Crippen molar-refractivity contribution < 1.29 is 4.79 Å². The zero-order valence-electron chi connectivity index (χ0n) is 12.9. The van der Waals surface area contributed by atoms with Gasteiger partial charge < -0.3 is 10.3 Å². The van der Waals surface area contributed by atoms with Crippen LogP contribution in [0.15, 0.2) is 36.7 Å². The first kappa shape index (κ1) is 15.2. The average Bonchev–Trinajstić information content (AvgIpc) is 3.25. The molecule has 4 rings (SSSR count). The molecule has 1 aromatic carbocycles. The molecule has 1 aliphatic rings. The van der Waals surface area contributed by atoms with Crippen LogP contribution in [0.4, 0.5) is 5.95 Å². The highest BCUT2D eigenvalue weighted by atomic mass is 35.5. The summed E-state index contributed by atoms with van der Waals surface area (Å²) in [6.45, 7) is 1.53. The molecule has 0 spiro atoms. The normalized spacial score (nSPS) is 17.0. The number of carbonyl (C=O) groups excluding carboxylic acids is 1. The molecule has 1 fully saturated rings. The maximum atomic E-state index is 13.1. The predicted octanol–water partition coefficient (Wildman–Crippen LogP) is 2.13. The van der Waals surface area contributed by atoms with Gasteiger partial charge in [-0.3, -0.25) is 14.8 Å². The number of nitrogens with one attached hydrogen (secondary N) is 3. The van der Waals surface area contributed by atoms with E-state index in [0.29, 0.717) is 29.3 Å². The summed E-state index contributed by atoms with van der Waals surface area (Å²) in [5.41, 5.74) is 0.724. The fourth-order valence-electron chi connectivity index (χ4n) is 3.20. The molecule has 3 aromatic rings. The number of aromatic amines is 1. The molecule has 0 atom stereocenters. The van der Waals surface area contributed by atoms with E-state index in [-0.39, 0.29) is 5.91 Å². The highest BCUT2D eigenvalue weighted by molar-refractivity contribution is 6.35. The third kappa shape index (κ3) is 2.46. The summed E-state index contributed by atoms with van der Waals surface area (Å²) >= 11 is 6.15. The van der Waals surface area contributed by atoms with Gasteiger partial charge in [-0.2, -0.15) is 5.10 Å². The lowest BCUT2D eigenvalue weighted by Gasteiger charge is -2.36. The second-order valence-electron chi connectivity index (χ2n) is 5.91. The molecule has 1 aliphatic heterocycles. The molecule has 3 N–H and O–H groups in total. The quantitative estimate of drug-likeness (QED) is 0.679. The monoisotopic (exact) mass is 344 g/mol. The first-order chi connectivity index (χ1) is 11.7. The SMILES string of the molecule is O=C(Nc1nc2c(Cl)cccc2[nH]1)C1(n2cccn2)CCNCC1. The van der Waals surface area contributed by atoms with E-state index in [1.807, 2.05) is 24.4 Å². The topological polar surface area (TPSA) is 87.6 Å². The zero-order chi connectivity index (χ0) is 16.6. The minimum absolute atomic E-state index is 0.122. The highest BCUT2D eigenvalue weighted by Crippen LogP contribution is 2.29. The van der Waals surface area contributed by atoms with E-state index in [2.05, 4.69) is 25.7 Å². The maximum absolute atomic E-state index is 13.1. The van der Waals surface area contributed by atoms with Crippen molar-refractivity contribution in [1.29, 1.82) is 0 Å². The van der Waals surface area contributed by atoms with Crippen LogP contribution in [0.3, 0.4) is 0 Å². The molecular weight excluding hydrogens is 328 g/mol. The summed E-state index contributed by atoms with van der Waals surface area (Å²) in [7, 11) is 0. The number of halogens is 1. The van der Waals surface area contributed by atoms with Crippen LogP contribution in [-0.2, 0) is 10.3 Å². The predicted molar refractivity (Wildman–Crippen MR) is 92.0 cm³/mol. The Bertz CT molecular complexity index is 866. The molecule has 7 nitrogen and oxygen atoms in total. The lowest BCUT2D eigenvalue weighted by Crippen LogP contribution is -2.52. The number of imidazole rings is 1. The van der Waals surface area contributed by atoms with Gasteiger partial charge in [-0.05, 0) is 44.1 Å². The number of rotatable bonds is 3. The maximum Gasteiger partial charge on any atom is 0.254 e. The molecule has 0 saturated carbocycles. The Labute approximate surface area is 143 Å². The third-order valence-electron chi connectivity index (χ3n) is 4.49. The molecule has 0 aliphatic carbocycles. The van der Waals surface area contributed by atoms with Gasteiger partial charge in [0.25, 0.3) is 5.91 Å². The summed E-state index contributed by atoms with van der Waals surface area (Å²) in [5, 5.41) is 11.0. The van der Waals surface area contributed by atoms with Crippen LogP contribution in [-0.4, -0.2) is 38.7 Å². The molecule has 3 heterocycles. The number of fused-ring (bicyclic) bond motifs is 1. The van der Waals surface area contributed by atoms with Gasteiger partial charge in [-0.1, -0.05) is 17.7 Å². The number of carbonyl (C=O) groups is 1. The van der Waals surface area contributed by atoms with Crippen molar-refractivity contribution in [3.8, 4) is 0 Å². The van der Waals surface area contributed by atoms with Crippen molar-refractivity contribution in [2.75, 3.05) is 18.4 Å². The Morgan fingerprint density at radius 3 is 2.83 bits per heavy atom. The van der Waals surface area contributed by atoms with Crippen molar-refractivity contribution in [3.05, 3.63) is 41.7 Å². The van der Waals surface area contributed by atoms with E-state index in [0.717, 1.165) is 18.6 Å². The van der Waals surface area contributed by atoms with E-state index in [9.17, 15) is 4.79 Å². The van der Waals surface area contributed by atoms with Crippen LogP contribution < -0.4 is 10.6 Å². The van der Waals surface area contributed by atoms with E-state index in [1.54, 1.807) is 16.9 Å². The van der Waals surface area contributed by atoms with Crippen LogP contribution in [0.2, 0.25) is 5.02 Å². The number of hydrogen-bond acceptors (Lipinski definition) is 4. The van der Waals surface area contributed by atoms with Crippen LogP contribution >= 0.6 is 11.6 Å². The molecular formula is C16H17ClN6O. The van der Waals surface area contributed by atoms with Gasteiger partial charge in [-0.15, -0.1) is 0 Å². The highest BCUT2D eigenvalue weighted by Gasteiger charge is 2.42. The summed E-state index contributed by atoms with van der Waals surface area (Å²) < 4.78 is 1.75. The Hall–Kier alpha value is -2.38. The standard InChI is InChI=1S/C16H17ClN6O/c17-11-3-1-4-12-13(11)21-15(20-12)22-14(24)16(5-8-18-9-6-16)23-10-2-7-19-23/h1-4,7,10,18H,5-6,8-9H2,(H2,20,21,22,24). The van der Waals surface area contributed by atoms with Crippen LogP contribution in [0.25, 0.3) is 11.0 Å². The third-order valence-corrected chi connectivity index (χ3v) is 4.80. The molecule has 0 bridgehead atoms. The van der Waals surface area contributed by atoms with Crippen LogP contribution in [0.1, 0.15) is 12.8 Å². The van der Waals surface area contributed by atoms with E-state index < -0.39 is 5.54 Å². The fourth-order valence-corrected chi connectivity index (χ4v) is 3.42. The minimum atomic E-state index is -0.711. The summed E-state index contributed by atoms with van der Waals surface area (Å²) in [6, 6.07) is 7.32. The van der Waals surface area contributed by atoms with Crippen molar-refractivity contribution in [2.24, 2.45) is 0 Å². The Morgan fingerprint density at radius 1 is 1.29 bits per heavy atom. The first-order valence-corrected chi connectivity index (χ1v) is 8.23. The van der Waals surface area contributed by atoms with Gasteiger partial charge >= 0.3 is 0 Å². The van der Waals surface area contributed by atoms with E-state index in [4.69, 9.17) is 11.6 Å². The van der Waals surface area contributed by atoms with Crippen molar-refractivity contribution in [1.82, 2.24) is 25.1 Å². The number of nitrogens with zero attached hydrogens (tertiary/aromatic N) is 3. The Morgan fingerprint density at radius 2 is 2.12 bits per heavy atom. The number of aromatic nitrogens is 4. The van der Waals surface area contributed by atoms with Gasteiger partial charge in [0.1, 0.15) is 11.1 Å². The zero-order valence-corrected chi connectivity index (χ0v) is 13.7. The molecule has 24 heavy (non-hydrogen) atoms. The fraction of sp³-hybridized carbons (Fsp3) is 0.312. The summed E-state index contributed by atoms with van der Waals surface area (Å²) in [5.74, 6) is 0.274. The Balaban J connectivity index is 1.66. The summed E-state index contributed by atoms with van der Waals surface area (Å²) in [4.78, 5) is 20.5. The largest absolute Gasteiger partial charge is 0.324 e. The molecule has 1 saturated heterocycles. The summed E-state index contributed by atoms with van der Waals surface area (Å²) in [6.07, 6.45) is 4.86. The van der Waals surface area contributed by atoms with Crippen molar-refractivity contribution in [2.45, 2.75) is 18.4 Å². The van der Waals surface area contributed by atoms with Crippen molar-refractivity contribution >= 4 is 34.5 Å². The van der Waals surface area contributed by atoms with Gasteiger partial charge in [0.05, 0.1) is 10.5 Å². The van der Waals surface area contributed by atoms with Gasteiger partial charge in [0.2, 0.25) is 5.95 Å². The van der Waals surface area contributed by atoms with Gasteiger partial charge in [0.15, 0.2) is 0 Å². The number of benzene rings is 1. The number of hydrogen-bond donors (Lipinski definition) is 3. The number of H-pyrrole nitrogens is 1. The number of amides is 1.